The number of carbonyl (C=O) groups excluding carboxylic acids is 2. The molecule has 0 unspecified atom stereocenters. The summed E-state index contributed by atoms with van der Waals surface area (Å²) in [5.74, 6) is -3.49. The van der Waals surface area contributed by atoms with Crippen LogP contribution in [0.15, 0.2) is 30.9 Å². The smallest absolute Gasteiger partial charge is 0.263 e. The molecular formula is C27H33F2N3O3S. The number of amides is 2. The van der Waals surface area contributed by atoms with E-state index in [0.717, 1.165) is 35.5 Å². The van der Waals surface area contributed by atoms with Crippen molar-refractivity contribution in [1.82, 2.24) is 9.88 Å². The lowest BCUT2D eigenvalue weighted by Crippen LogP contribution is -2.53. The summed E-state index contributed by atoms with van der Waals surface area (Å²) in [6, 6.07) is 3.28. The van der Waals surface area contributed by atoms with Crippen LogP contribution in [0.5, 0.6) is 0 Å². The second-order valence-electron chi connectivity index (χ2n) is 10.5. The quantitative estimate of drug-likeness (QED) is 0.528. The molecule has 2 amide bonds. The maximum atomic E-state index is 14.1. The fourth-order valence-corrected chi connectivity index (χ4v) is 7.55. The third-order valence-electron chi connectivity index (χ3n) is 8.14. The lowest BCUT2D eigenvalue weighted by Gasteiger charge is -2.53. The number of anilines is 1. The van der Waals surface area contributed by atoms with Crippen molar-refractivity contribution in [2.45, 2.75) is 52.1 Å². The number of rotatable bonds is 6. The molecule has 0 bridgehead atoms. The van der Waals surface area contributed by atoms with E-state index in [1.807, 2.05) is 13.8 Å². The van der Waals surface area contributed by atoms with Crippen LogP contribution in [0.25, 0.3) is 0 Å². The number of nitrogens with zero attached hydrogens (tertiary/aromatic N) is 2. The molecule has 0 saturated heterocycles. The van der Waals surface area contributed by atoms with Gasteiger partial charge >= 0.3 is 0 Å². The van der Waals surface area contributed by atoms with Crippen LogP contribution >= 0.6 is 11.3 Å². The number of nitrogens with one attached hydrogen (secondary N) is 1. The van der Waals surface area contributed by atoms with Crippen molar-refractivity contribution in [3.8, 4) is 0 Å². The molecule has 6 nitrogen and oxygen atoms in total. The Morgan fingerprint density at radius 3 is 2.69 bits per heavy atom. The number of carbonyl (C=O) groups is 2. The number of aromatic nitrogens is 1. The average molecular weight is 518 g/mol. The van der Waals surface area contributed by atoms with Crippen LogP contribution in [0, 0.1) is 34.8 Å². The summed E-state index contributed by atoms with van der Waals surface area (Å²) < 4.78 is 28.1. The fourth-order valence-electron chi connectivity index (χ4n) is 6.29. The summed E-state index contributed by atoms with van der Waals surface area (Å²) in [6.45, 7) is 10.2. The molecule has 6 atom stereocenters. The first-order valence-electron chi connectivity index (χ1n) is 12.3. The van der Waals surface area contributed by atoms with Gasteiger partial charge in [0.25, 0.3) is 5.91 Å². The van der Waals surface area contributed by atoms with E-state index in [2.05, 4.69) is 23.8 Å². The van der Waals surface area contributed by atoms with E-state index in [1.54, 1.807) is 18.0 Å². The molecule has 1 saturated carbocycles. The van der Waals surface area contributed by atoms with Gasteiger partial charge in [0.15, 0.2) is 5.13 Å². The second kappa shape index (κ2) is 10.0. The third-order valence-corrected chi connectivity index (χ3v) is 9.13. The minimum Gasteiger partial charge on any atom is -0.392 e. The number of benzene rings is 1. The van der Waals surface area contributed by atoms with Gasteiger partial charge in [-0.1, -0.05) is 32.9 Å². The highest BCUT2D eigenvalue weighted by atomic mass is 32.1. The van der Waals surface area contributed by atoms with Gasteiger partial charge in [0, 0.05) is 30.3 Å². The molecule has 2 aliphatic carbocycles. The van der Waals surface area contributed by atoms with Gasteiger partial charge in [0.2, 0.25) is 5.91 Å². The predicted octanol–water partition coefficient (Wildman–Crippen LogP) is 5.01. The lowest BCUT2D eigenvalue weighted by molar-refractivity contribution is -0.143. The predicted molar refractivity (Wildman–Crippen MR) is 136 cm³/mol. The molecule has 2 aromatic rings. The second-order valence-corrected chi connectivity index (χ2v) is 11.6. The largest absolute Gasteiger partial charge is 0.392 e. The number of fused-ring (bicyclic) bond motifs is 2. The van der Waals surface area contributed by atoms with E-state index in [-0.39, 0.29) is 40.1 Å². The molecule has 2 aliphatic rings. The molecule has 1 aromatic carbocycles. The summed E-state index contributed by atoms with van der Waals surface area (Å²) in [6.07, 6.45) is 3.27. The first-order chi connectivity index (χ1) is 17.0. The number of aliphatic hydroxyl groups excluding tert-OH is 1. The van der Waals surface area contributed by atoms with Gasteiger partial charge in [-0.05, 0) is 48.6 Å². The Labute approximate surface area is 214 Å². The molecule has 1 aromatic heterocycles. The van der Waals surface area contributed by atoms with Crippen molar-refractivity contribution in [2.75, 3.05) is 18.9 Å². The summed E-state index contributed by atoms with van der Waals surface area (Å²) in [5, 5.41) is 14.4. The van der Waals surface area contributed by atoms with Crippen LogP contribution in [0.4, 0.5) is 13.9 Å². The minimum absolute atomic E-state index is 0.00858. The number of aliphatic hydroxyl groups is 1. The molecule has 1 heterocycles. The molecule has 194 valence electrons. The van der Waals surface area contributed by atoms with E-state index in [4.69, 9.17) is 0 Å². The number of halogens is 2. The van der Waals surface area contributed by atoms with Gasteiger partial charge in [-0.3, -0.25) is 14.9 Å². The molecule has 2 N–H and O–H groups in total. The molecular weight excluding hydrogens is 484 g/mol. The minimum atomic E-state index is -0.933. The summed E-state index contributed by atoms with van der Waals surface area (Å²) in [5.41, 5.74) is -0.0456. The maximum Gasteiger partial charge on any atom is 0.263 e. The monoisotopic (exact) mass is 517 g/mol. The highest BCUT2D eigenvalue weighted by Gasteiger charge is 2.54. The molecule has 4 rings (SSSR count). The Morgan fingerprint density at radius 1 is 1.39 bits per heavy atom. The number of hydrogen-bond acceptors (Lipinski definition) is 5. The van der Waals surface area contributed by atoms with Crippen molar-refractivity contribution in [2.24, 2.45) is 23.2 Å². The van der Waals surface area contributed by atoms with Gasteiger partial charge in [-0.25, -0.2) is 13.8 Å². The van der Waals surface area contributed by atoms with Crippen LogP contribution < -0.4 is 5.32 Å². The van der Waals surface area contributed by atoms with Crippen molar-refractivity contribution < 1.29 is 23.5 Å². The van der Waals surface area contributed by atoms with Crippen LogP contribution in [-0.4, -0.2) is 46.5 Å². The van der Waals surface area contributed by atoms with Crippen LogP contribution in [0.1, 0.15) is 60.5 Å². The average Bonchev–Trinajstić information content (AvgIpc) is 3.20. The van der Waals surface area contributed by atoms with E-state index >= 15 is 0 Å². The molecule has 0 radical (unpaired) electrons. The number of thiazole rings is 1. The SMILES string of the molecule is C=CCN(C)C(=O)[C@@H](C)[C@@H]1CC[C@@]2(C)Cc3sc(NC(=O)c4c(F)cccc4F)nc3[C@@H](C)[C@@H]2[C@H]1O. The zero-order chi connectivity index (χ0) is 26.4. The number of likely N-dealkylation sites (N-methyl/N-ethyl adjacent to an activating group) is 1. The van der Waals surface area contributed by atoms with E-state index in [1.165, 1.54) is 17.4 Å². The van der Waals surface area contributed by atoms with Crippen molar-refractivity contribution in [3.63, 3.8) is 0 Å². The van der Waals surface area contributed by atoms with E-state index < -0.39 is 29.2 Å². The van der Waals surface area contributed by atoms with E-state index in [0.29, 0.717) is 13.0 Å². The Bertz CT molecular complexity index is 1160. The zero-order valence-electron chi connectivity index (χ0n) is 21.1. The molecule has 9 heteroatoms. The Morgan fingerprint density at radius 2 is 2.06 bits per heavy atom. The van der Waals surface area contributed by atoms with Crippen LogP contribution in [0.2, 0.25) is 0 Å². The van der Waals surface area contributed by atoms with E-state index in [9.17, 15) is 23.5 Å². The highest BCUT2D eigenvalue weighted by Crippen LogP contribution is 2.57. The highest BCUT2D eigenvalue weighted by molar-refractivity contribution is 7.15. The first kappa shape index (κ1) is 26.4. The van der Waals surface area contributed by atoms with Gasteiger partial charge < -0.3 is 10.0 Å². The maximum absolute atomic E-state index is 14.1. The molecule has 36 heavy (non-hydrogen) atoms. The van der Waals surface area contributed by atoms with Gasteiger partial charge in [0.05, 0.1) is 11.8 Å². The Hall–Kier alpha value is -2.65. The summed E-state index contributed by atoms with van der Waals surface area (Å²) in [7, 11) is 1.74. The fraction of sp³-hybridized carbons (Fsp3) is 0.519. The number of hydrogen-bond donors (Lipinski definition) is 2. The Kier molecular flexibility index (Phi) is 7.35. The summed E-state index contributed by atoms with van der Waals surface area (Å²) >= 11 is 1.31. The zero-order valence-corrected chi connectivity index (χ0v) is 21.9. The molecule has 0 spiro atoms. The topological polar surface area (TPSA) is 82.5 Å². The van der Waals surface area contributed by atoms with Gasteiger partial charge in [-0.2, -0.15) is 0 Å². The Balaban J connectivity index is 1.57. The van der Waals surface area contributed by atoms with Crippen molar-refractivity contribution in [1.29, 1.82) is 0 Å². The van der Waals surface area contributed by atoms with Crippen molar-refractivity contribution in [3.05, 3.63) is 58.6 Å². The van der Waals surface area contributed by atoms with Crippen molar-refractivity contribution >= 4 is 28.3 Å². The van der Waals surface area contributed by atoms with Gasteiger partial charge in [-0.15, -0.1) is 17.9 Å². The lowest BCUT2D eigenvalue weighted by atomic mass is 9.53. The van der Waals surface area contributed by atoms with Crippen LogP contribution in [0.3, 0.4) is 0 Å². The summed E-state index contributed by atoms with van der Waals surface area (Å²) in [4.78, 5) is 32.8. The van der Waals surface area contributed by atoms with Gasteiger partial charge in [0.1, 0.15) is 17.2 Å². The van der Waals surface area contributed by atoms with Crippen LogP contribution in [-0.2, 0) is 11.2 Å². The standard InChI is InChI=1S/C27H33F2N3O3S/c1-6-12-32(5)25(35)14(2)16-10-11-27(4)13-19-22(15(3)21(27)23(16)33)30-26(36-19)31-24(34)20-17(28)8-7-9-18(20)29/h6-9,14-16,21,23,33H,1,10-13H2,2-5H3,(H,30,31,34)/t14-,15-,16-,21+,23-,27-/m0/s1. The normalized spacial score (nSPS) is 28.0. The first-order valence-corrected chi connectivity index (χ1v) is 13.1. The molecule has 0 aliphatic heterocycles. The molecule has 1 fully saturated rings. The third kappa shape index (κ3) is 4.59.